The summed E-state index contributed by atoms with van der Waals surface area (Å²) in [5, 5.41) is 10.6. The molecule has 3 aromatic rings. The second kappa shape index (κ2) is 8.12. The molecule has 2 heterocycles. The zero-order valence-electron chi connectivity index (χ0n) is 15.7. The van der Waals surface area contributed by atoms with Gasteiger partial charge in [0.25, 0.3) is 5.89 Å². The first kappa shape index (κ1) is 18.0. The van der Waals surface area contributed by atoms with Gasteiger partial charge in [-0.3, -0.25) is 4.79 Å². The van der Waals surface area contributed by atoms with E-state index in [1.807, 2.05) is 36.4 Å². The van der Waals surface area contributed by atoms with Crippen LogP contribution in [0.25, 0.3) is 11.5 Å². The van der Waals surface area contributed by atoms with E-state index in [1.165, 1.54) is 24.9 Å². The molecule has 0 aliphatic carbocycles. The van der Waals surface area contributed by atoms with Gasteiger partial charge in [-0.2, -0.15) is 0 Å². The molecule has 144 valence electrons. The fraction of sp³-hybridized carbons (Fsp3) is 0.286. The number of para-hydroxylation sites is 1. The Morgan fingerprint density at radius 3 is 2.54 bits per heavy atom. The molecule has 1 saturated heterocycles. The number of hydrogen-bond acceptors (Lipinski definition) is 6. The fourth-order valence-electron chi connectivity index (χ4n) is 3.34. The number of rotatable bonds is 5. The molecule has 2 aromatic carbocycles. The first-order chi connectivity index (χ1) is 13.7. The average Bonchev–Trinajstić information content (AvgIpc) is 3.25. The first-order valence-corrected chi connectivity index (χ1v) is 9.38. The van der Waals surface area contributed by atoms with Crippen molar-refractivity contribution in [3.05, 3.63) is 54.4 Å². The predicted molar refractivity (Wildman–Crippen MR) is 107 cm³/mol. The van der Waals surface area contributed by atoms with Crippen molar-refractivity contribution in [2.24, 2.45) is 0 Å². The van der Waals surface area contributed by atoms with Crippen LogP contribution >= 0.6 is 0 Å². The standard InChI is InChI=1S/C21H22N4O3/c1-27-18-8-4-3-7-17(18)20-23-24-21(28-20)19(26)22-15-9-11-16(12-10-15)25-13-5-2-6-14-25/h3-4,7-12H,2,5-6,13-14H2,1H3,(H,22,26). The molecule has 1 aliphatic rings. The number of aromatic nitrogens is 2. The van der Waals surface area contributed by atoms with Gasteiger partial charge >= 0.3 is 11.8 Å². The van der Waals surface area contributed by atoms with E-state index in [1.54, 1.807) is 19.2 Å². The van der Waals surface area contributed by atoms with Crippen molar-refractivity contribution in [1.82, 2.24) is 10.2 Å². The van der Waals surface area contributed by atoms with Gasteiger partial charge in [-0.05, 0) is 55.7 Å². The molecule has 7 nitrogen and oxygen atoms in total. The van der Waals surface area contributed by atoms with Gasteiger partial charge in [0.2, 0.25) is 0 Å². The van der Waals surface area contributed by atoms with Gasteiger partial charge in [0.1, 0.15) is 5.75 Å². The number of nitrogens with zero attached hydrogens (tertiary/aromatic N) is 3. The van der Waals surface area contributed by atoms with Gasteiger partial charge in [-0.1, -0.05) is 12.1 Å². The van der Waals surface area contributed by atoms with Gasteiger partial charge < -0.3 is 19.4 Å². The molecular formula is C21H22N4O3. The van der Waals surface area contributed by atoms with Crippen LogP contribution in [-0.4, -0.2) is 36.3 Å². The largest absolute Gasteiger partial charge is 0.496 e. The highest BCUT2D eigenvalue weighted by molar-refractivity contribution is 6.01. The van der Waals surface area contributed by atoms with E-state index in [2.05, 4.69) is 20.4 Å². The lowest BCUT2D eigenvalue weighted by atomic mass is 10.1. The molecule has 1 N–H and O–H groups in total. The number of piperidine rings is 1. The normalized spacial score (nSPS) is 14.0. The zero-order chi connectivity index (χ0) is 19.3. The molecule has 28 heavy (non-hydrogen) atoms. The van der Waals surface area contributed by atoms with E-state index < -0.39 is 5.91 Å². The summed E-state index contributed by atoms with van der Waals surface area (Å²) < 4.78 is 10.8. The SMILES string of the molecule is COc1ccccc1-c1nnc(C(=O)Nc2ccc(N3CCCCC3)cc2)o1. The summed E-state index contributed by atoms with van der Waals surface area (Å²) in [4.78, 5) is 14.8. The average molecular weight is 378 g/mol. The summed E-state index contributed by atoms with van der Waals surface area (Å²) in [6, 6.07) is 15.1. The smallest absolute Gasteiger partial charge is 0.313 e. The van der Waals surface area contributed by atoms with Crippen LogP contribution in [-0.2, 0) is 0 Å². The van der Waals surface area contributed by atoms with E-state index >= 15 is 0 Å². The number of nitrogens with one attached hydrogen (secondary N) is 1. The van der Waals surface area contributed by atoms with Gasteiger partial charge in [-0.15, -0.1) is 10.2 Å². The van der Waals surface area contributed by atoms with Crippen LogP contribution in [0.2, 0.25) is 0 Å². The highest BCUT2D eigenvalue weighted by atomic mass is 16.5. The number of ether oxygens (including phenoxy) is 1. The molecule has 1 fully saturated rings. The van der Waals surface area contributed by atoms with Crippen molar-refractivity contribution in [3.8, 4) is 17.2 Å². The van der Waals surface area contributed by atoms with Crippen molar-refractivity contribution in [2.75, 3.05) is 30.4 Å². The summed E-state index contributed by atoms with van der Waals surface area (Å²) in [5.74, 6) is 0.301. The number of carbonyl (C=O) groups is 1. The highest BCUT2D eigenvalue weighted by Gasteiger charge is 2.18. The fourth-order valence-corrected chi connectivity index (χ4v) is 3.34. The monoisotopic (exact) mass is 378 g/mol. The van der Waals surface area contributed by atoms with E-state index in [0.29, 0.717) is 17.0 Å². The second-order valence-corrected chi connectivity index (χ2v) is 6.66. The third-order valence-electron chi connectivity index (χ3n) is 4.80. The summed E-state index contributed by atoms with van der Waals surface area (Å²) in [6.45, 7) is 2.17. The summed E-state index contributed by atoms with van der Waals surface area (Å²) in [7, 11) is 1.57. The highest BCUT2D eigenvalue weighted by Crippen LogP contribution is 2.28. The molecule has 1 aliphatic heterocycles. The van der Waals surface area contributed by atoms with Gasteiger partial charge in [0.05, 0.1) is 12.7 Å². The van der Waals surface area contributed by atoms with E-state index in [4.69, 9.17) is 9.15 Å². The summed E-state index contributed by atoms with van der Waals surface area (Å²) in [6.07, 6.45) is 3.75. The van der Waals surface area contributed by atoms with Crippen LogP contribution in [0.4, 0.5) is 11.4 Å². The molecule has 0 bridgehead atoms. The van der Waals surface area contributed by atoms with Crippen molar-refractivity contribution in [2.45, 2.75) is 19.3 Å². The van der Waals surface area contributed by atoms with Crippen LogP contribution < -0.4 is 15.0 Å². The van der Waals surface area contributed by atoms with E-state index in [9.17, 15) is 4.79 Å². The summed E-state index contributed by atoms with van der Waals surface area (Å²) >= 11 is 0. The Bertz CT molecular complexity index is 946. The van der Waals surface area contributed by atoms with Gasteiger partial charge in [0.15, 0.2) is 0 Å². The lowest BCUT2D eigenvalue weighted by Crippen LogP contribution is -2.29. The number of methoxy groups -OCH3 is 1. The maximum absolute atomic E-state index is 12.5. The lowest BCUT2D eigenvalue weighted by Gasteiger charge is -2.28. The number of benzene rings is 2. The number of hydrogen-bond donors (Lipinski definition) is 1. The molecule has 0 saturated carbocycles. The Balaban J connectivity index is 1.45. The molecule has 1 aromatic heterocycles. The van der Waals surface area contributed by atoms with Crippen molar-refractivity contribution in [1.29, 1.82) is 0 Å². The Labute approximate surface area is 163 Å². The molecule has 7 heteroatoms. The topological polar surface area (TPSA) is 80.5 Å². The van der Waals surface area contributed by atoms with Crippen molar-refractivity contribution < 1.29 is 13.9 Å². The van der Waals surface area contributed by atoms with Crippen LogP contribution in [0.3, 0.4) is 0 Å². The van der Waals surface area contributed by atoms with Crippen LogP contribution in [0, 0.1) is 0 Å². The maximum Gasteiger partial charge on any atom is 0.313 e. The van der Waals surface area contributed by atoms with Crippen molar-refractivity contribution in [3.63, 3.8) is 0 Å². The number of anilines is 2. The quantitative estimate of drug-likeness (QED) is 0.723. The van der Waals surface area contributed by atoms with Crippen LogP contribution in [0.5, 0.6) is 5.75 Å². The number of carbonyl (C=O) groups excluding carboxylic acids is 1. The molecule has 1 amide bonds. The third-order valence-corrected chi connectivity index (χ3v) is 4.80. The Morgan fingerprint density at radius 2 is 1.79 bits per heavy atom. The number of amides is 1. The minimum Gasteiger partial charge on any atom is -0.496 e. The Hall–Kier alpha value is -3.35. The molecule has 0 atom stereocenters. The maximum atomic E-state index is 12.5. The Morgan fingerprint density at radius 1 is 1.04 bits per heavy atom. The zero-order valence-corrected chi connectivity index (χ0v) is 15.7. The van der Waals surface area contributed by atoms with Crippen molar-refractivity contribution >= 4 is 17.3 Å². The van der Waals surface area contributed by atoms with E-state index in [-0.39, 0.29) is 11.8 Å². The molecule has 4 rings (SSSR count). The lowest BCUT2D eigenvalue weighted by molar-refractivity contribution is 0.0991. The second-order valence-electron chi connectivity index (χ2n) is 6.66. The Kier molecular flexibility index (Phi) is 5.23. The van der Waals surface area contributed by atoms with Gasteiger partial charge in [-0.25, -0.2) is 0 Å². The summed E-state index contributed by atoms with van der Waals surface area (Å²) in [5.41, 5.74) is 2.50. The van der Waals surface area contributed by atoms with Crippen LogP contribution in [0.1, 0.15) is 29.9 Å². The molecule has 0 spiro atoms. The van der Waals surface area contributed by atoms with E-state index in [0.717, 1.165) is 13.1 Å². The molecular weight excluding hydrogens is 356 g/mol. The minimum absolute atomic E-state index is 0.0963. The predicted octanol–water partition coefficient (Wildman–Crippen LogP) is 3.99. The van der Waals surface area contributed by atoms with Crippen LogP contribution in [0.15, 0.2) is 52.9 Å². The third kappa shape index (κ3) is 3.83. The molecule has 0 unspecified atom stereocenters. The first-order valence-electron chi connectivity index (χ1n) is 9.38. The van der Waals surface area contributed by atoms with Gasteiger partial charge in [0, 0.05) is 24.5 Å². The minimum atomic E-state index is -0.445. The molecule has 0 radical (unpaired) electrons.